The average Bonchev–Trinajstić information content (AvgIpc) is 3.46. The molecule has 15 nitrogen and oxygen atoms in total. The molecule has 3 amide bonds. The number of hydrogen-bond acceptors (Lipinski definition) is 13. The molecule has 0 saturated carbocycles. The Labute approximate surface area is 248 Å². The minimum Gasteiger partial charge on any atom is -0.459 e. The summed E-state index contributed by atoms with van der Waals surface area (Å²) in [6, 6.07) is 4.71. The van der Waals surface area contributed by atoms with Crippen LogP contribution in [-0.4, -0.2) is 87.7 Å². The third-order valence-corrected chi connectivity index (χ3v) is 8.78. The second kappa shape index (κ2) is 13.7. The van der Waals surface area contributed by atoms with Gasteiger partial charge in [-0.15, -0.1) is 23.1 Å². The Kier molecular flexibility index (Phi) is 10.1. The van der Waals surface area contributed by atoms with Crippen LogP contribution in [-0.2, 0) is 40.1 Å². The van der Waals surface area contributed by atoms with Gasteiger partial charge in [-0.1, -0.05) is 18.5 Å². The normalized spacial score (nSPS) is 21.5. The Morgan fingerprint density at radius 1 is 1.33 bits per heavy atom. The summed E-state index contributed by atoms with van der Waals surface area (Å²) in [4.78, 5) is 71.3. The maximum atomic E-state index is 13.2. The molecule has 4 rings (SSSR count). The molecule has 2 aliphatic heterocycles. The van der Waals surface area contributed by atoms with Gasteiger partial charge in [0.05, 0.1) is 11.5 Å². The number of benzene rings is 1. The summed E-state index contributed by atoms with van der Waals surface area (Å²) in [5.74, 6) is -1.63. The van der Waals surface area contributed by atoms with Crippen LogP contribution in [0.15, 0.2) is 34.8 Å². The number of nitrogens with zero attached hydrogens (tertiary/aromatic N) is 4. The van der Waals surface area contributed by atoms with Crippen molar-refractivity contribution in [3.63, 3.8) is 0 Å². The smallest absolute Gasteiger partial charge is 0.341 e. The van der Waals surface area contributed by atoms with Crippen LogP contribution in [0.1, 0.15) is 31.0 Å². The lowest BCUT2D eigenvalue weighted by Gasteiger charge is -2.53. The molecule has 0 radical (unpaired) electrons. The van der Waals surface area contributed by atoms with Crippen LogP contribution in [0.3, 0.4) is 0 Å². The summed E-state index contributed by atoms with van der Waals surface area (Å²) in [6.07, 6.45) is 2.05. The van der Waals surface area contributed by atoms with Gasteiger partial charge in [-0.25, -0.2) is 9.78 Å². The highest BCUT2D eigenvalue weighted by molar-refractivity contribution is 8.00. The monoisotopic (exact) mass is 620 g/mol. The quantitative estimate of drug-likeness (QED) is 0.0594. The summed E-state index contributed by atoms with van der Waals surface area (Å²) in [5.41, 5.74) is -0.939. The number of methoxy groups -OCH3 is 1. The molecule has 2 N–H and O–H groups in total. The first-order valence-electron chi connectivity index (χ1n) is 12.8. The largest absolute Gasteiger partial charge is 0.459 e. The van der Waals surface area contributed by atoms with Crippen molar-refractivity contribution in [1.29, 1.82) is 0 Å². The van der Waals surface area contributed by atoms with Crippen molar-refractivity contribution in [2.45, 2.75) is 43.4 Å². The zero-order valence-corrected chi connectivity index (χ0v) is 24.3. The summed E-state index contributed by atoms with van der Waals surface area (Å²) in [7, 11) is 1.35. The Bertz CT molecular complexity index is 1370. The lowest BCUT2D eigenvalue weighted by Crippen LogP contribution is -2.75. The van der Waals surface area contributed by atoms with Gasteiger partial charge in [0.15, 0.2) is 16.4 Å². The van der Waals surface area contributed by atoms with Crippen LogP contribution in [0.2, 0.25) is 0 Å². The van der Waals surface area contributed by atoms with E-state index in [4.69, 9.17) is 14.3 Å². The number of hydrogen-bond donors (Lipinski definition) is 2. The number of nitrogens with one attached hydrogen (secondary N) is 2. The van der Waals surface area contributed by atoms with E-state index in [-0.39, 0.29) is 47.7 Å². The maximum absolute atomic E-state index is 13.2. The first-order valence-corrected chi connectivity index (χ1v) is 14.7. The van der Waals surface area contributed by atoms with E-state index in [1.807, 2.05) is 6.92 Å². The zero-order chi connectivity index (χ0) is 30.3. The standard InChI is InChI=1S/C25H28N6O9S2/c1-3-4-9-40-29-18(17-11-41-24(27-17)26-14-32)20(33)28-19-21(34)30-12-25(38-2,13-42-22(19)30)23(35)39-10-15-5-7-16(8-6-15)31(36)37/h5-8,11,14,19,22H,3-4,9-10,12-13H2,1-2H3,(H,28,33)(H,26,27,32)/t19?,22-,25?/m1/s1. The summed E-state index contributed by atoms with van der Waals surface area (Å²) >= 11 is 2.35. The number of ether oxygens (including phenoxy) is 2. The number of thioether (sulfide) groups is 1. The van der Waals surface area contributed by atoms with Gasteiger partial charge in [-0.05, 0) is 24.1 Å². The molecule has 42 heavy (non-hydrogen) atoms. The van der Waals surface area contributed by atoms with Crippen LogP contribution in [0.5, 0.6) is 0 Å². The second-order valence-electron chi connectivity index (χ2n) is 9.24. The van der Waals surface area contributed by atoms with Crippen molar-refractivity contribution in [2.24, 2.45) is 5.16 Å². The molecule has 2 unspecified atom stereocenters. The van der Waals surface area contributed by atoms with E-state index in [2.05, 4.69) is 20.8 Å². The molecule has 2 aliphatic rings. The highest BCUT2D eigenvalue weighted by atomic mass is 32.2. The van der Waals surface area contributed by atoms with Gasteiger partial charge in [0.25, 0.3) is 11.6 Å². The number of anilines is 1. The zero-order valence-electron chi connectivity index (χ0n) is 22.6. The molecule has 224 valence electrons. The third kappa shape index (κ3) is 6.69. The molecule has 3 atom stereocenters. The number of nitro benzene ring substituents is 1. The molecule has 1 aromatic heterocycles. The van der Waals surface area contributed by atoms with Gasteiger partial charge in [0.1, 0.15) is 30.3 Å². The predicted octanol–water partition coefficient (Wildman–Crippen LogP) is 1.67. The van der Waals surface area contributed by atoms with E-state index in [0.29, 0.717) is 12.0 Å². The van der Waals surface area contributed by atoms with E-state index < -0.39 is 39.7 Å². The molecule has 0 spiro atoms. The molecular weight excluding hydrogens is 592 g/mol. The number of unbranched alkanes of at least 4 members (excludes halogenated alkanes) is 1. The van der Waals surface area contributed by atoms with E-state index in [0.717, 1.165) is 24.2 Å². The van der Waals surface area contributed by atoms with E-state index in [9.17, 15) is 29.3 Å². The minimum absolute atomic E-state index is 0.0836. The molecule has 3 heterocycles. The number of fused-ring (bicyclic) bond motifs is 1. The summed E-state index contributed by atoms with van der Waals surface area (Å²) in [5, 5.41) is 21.2. The van der Waals surface area contributed by atoms with Gasteiger partial charge in [0, 0.05) is 30.4 Å². The van der Waals surface area contributed by atoms with Crippen LogP contribution < -0.4 is 10.6 Å². The lowest BCUT2D eigenvalue weighted by atomic mass is 9.99. The number of oxime groups is 1. The van der Waals surface area contributed by atoms with Crippen LogP contribution >= 0.6 is 23.1 Å². The number of aromatic nitrogens is 1. The Morgan fingerprint density at radius 2 is 2.10 bits per heavy atom. The Balaban J connectivity index is 1.38. The minimum atomic E-state index is -1.44. The molecular formula is C25H28N6O9S2. The van der Waals surface area contributed by atoms with Gasteiger partial charge in [0.2, 0.25) is 12.3 Å². The fourth-order valence-electron chi connectivity index (χ4n) is 4.11. The average molecular weight is 621 g/mol. The van der Waals surface area contributed by atoms with Crippen LogP contribution in [0.25, 0.3) is 0 Å². The molecule has 2 fully saturated rings. The van der Waals surface area contributed by atoms with Crippen molar-refractivity contribution < 1.29 is 38.4 Å². The van der Waals surface area contributed by atoms with Crippen molar-refractivity contribution in [1.82, 2.24) is 15.2 Å². The number of thiazole rings is 1. The first kappa shape index (κ1) is 30.9. The highest BCUT2D eigenvalue weighted by Gasteiger charge is 2.58. The number of β-lactam (4-membered cyclic amide) rings is 1. The number of nitro groups is 1. The fourth-order valence-corrected chi connectivity index (χ4v) is 6.27. The number of non-ortho nitro benzene ring substituents is 1. The third-order valence-electron chi connectivity index (χ3n) is 6.51. The van der Waals surface area contributed by atoms with E-state index in [1.165, 1.54) is 53.4 Å². The van der Waals surface area contributed by atoms with Crippen molar-refractivity contribution in [3.8, 4) is 0 Å². The molecule has 17 heteroatoms. The number of carbonyl (C=O) groups is 4. The number of esters is 1. The van der Waals surface area contributed by atoms with Crippen molar-refractivity contribution >= 4 is 63.8 Å². The fraction of sp³-hybridized carbons (Fsp3) is 0.440. The topological polar surface area (TPSA) is 192 Å². The van der Waals surface area contributed by atoms with Crippen LogP contribution in [0.4, 0.5) is 10.8 Å². The van der Waals surface area contributed by atoms with Crippen molar-refractivity contribution in [2.75, 3.05) is 31.3 Å². The molecule has 2 saturated heterocycles. The van der Waals surface area contributed by atoms with E-state index in [1.54, 1.807) is 0 Å². The highest BCUT2D eigenvalue weighted by Crippen LogP contribution is 2.40. The summed E-state index contributed by atoms with van der Waals surface area (Å²) < 4.78 is 11.0. The maximum Gasteiger partial charge on any atom is 0.341 e. The first-order chi connectivity index (χ1) is 20.2. The second-order valence-corrected chi connectivity index (χ2v) is 11.2. The molecule has 0 aliphatic carbocycles. The Morgan fingerprint density at radius 3 is 2.76 bits per heavy atom. The van der Waals surface area contributed by atoms with E-state index >= 15 is 0 Å². The number of rotatable bonds is 14. The number of amides is 3. The summed E-state index contributed by atoms with van der Waals surface area (Å²) in [6.45, 7) is 2.04. The van der Waals surface area contributed by atoms with Gasteiger partial charge in [-0.3, -0.25) is 24.5 Å². The SMILES string of the molecule is CCCCON=C(C(=O)NC1C(=O)N2CC(OC)(C(=O)OCc3ccc([N+](=O)[O-])cc3)CS[C@H]12)c1csc(NC=O)n1. The van der Waals surface area contributed by atoms with Gasteiger partial charge in [-0.2, -0.15) is 0 Å². The lowest BCUT2D eigenvalue weighted by molar-refractivity contribution is -0.384. The molecule has 0 bridgehead atoms. The van der Waals surface area contributed by atoms with Gasteiger partial charge < -0.3 is 29.8 Å². The number of carbonyl (C=O) groups excluding carboxylic acids is 4. The van der Waals surface area contributed by atoms with Crippen molar-refractivity contribution in [3.05, 3.63) is 51.0 Å². The Hall–Kier alpha value is -4.09. The van der Waals surface area contributed by atoms with Crippen LogP contribution in [0, 0.1) is 10.1 Å². The molecule has 1 aromatic carbocycles. The van der Waals surface area contributed by atoms with Gasteiger partial charge >= 0.3 is 5.97 Å². The molecule has 2 aromatic rings. The predicted molar refractivity (Wildman–Crippen MR) is 152 cm³/mol.